The summed E-state index contributed by atoms with van der Waals surface area (Å²) >= 11 is 0. The maximum atomic E-state index is 13.3. The van der Waals surface area contributed by atoms with Gasteiger partial charge in [0.05, 0.1) is 25.8 Å². The van der Waals surface area contributed by atoms with Crippen LogP contribution in [0.25, 0.3) is 10.9 Å². The van der Waals surface area contributed by atoms with E-state index in [1.807, 2.05) is 30.3 Å². The topological polar surface area (TPSA) is 91.9 Å². The number of ether oxygens (including phenoxy) is 2. The molecule has 0 aliphatic carbocycles. The van der Waals surface area contributed by atoms with E-state index < -0.39 is 18.1 Å². The summed E-state index contributed by atoms with van der Waals surface area (Å²) in [6.45, 7) is 0. The summed E-state index contributed by atoms with van der Waals surface area (Å²) in [7, 11) is 2.98. The highest BCUT2D eigenvalue weighted by Crippen LogP contribution is 2.50. The number of nitrogens with zero attached hydrogens (tertiary/aromatic N) is 1. The Bertz CT molecular complexity index is 1150. The molecule has 1 amide bonds. The van der Waals surface area contributed by atoms with E-state index in [-0.39, 0.29) is 12.3 Å². The Hall–Kier alpha value is -3.48. The lowest BCUT2D eigenvalue weighted by Crippen LogP contribution is -2.48. The summed E-state index contributed by atoms with van der Waals surface area (Å²) < 4.78 is 10.8. The largest absolute Gasteiger partial charge is 0.493 e. The summed E-state index contributed by atoms with van der Waals surface area (Å²) in [6.07, 6.45) is 0.254. The minimum Gasteiger partial charge on any atom is -0.493 e. The Morgan fingerprint density at radius 2 is 1.96 bits per heavy atom. The number of aromatic amines is 1. The van der Waals surface area contributed by atoms with Gasteiger partial charge in [-0.05, 0) is 23.3 Å². The van der Waals surface area contributed by atoms with Gasteiger partial charge in [-0.25, -0.2) is 4.79 Å². The third kappa shape index (κ3) is 1.98. The first-order valence-electron chi connectivity index (χ1n) is 8.96. The molecule has 2 aliphatic heterocycles. The average Bonchev–Trinajstić information content (AvgIpc) is 3.22. The number of hydrogen-bond acceptors (Lipinski definition) is 4. The SMILES string of the molecule is COc1ccc2c(c1OC)C(=O)N1[C@H]2c2[nH]c3ccccc3c2C[C@H]1C(=O)O. The molecule has 3 aromatic rings. The Balaban J connectivity index is 1.82. The van der Waals surface area contributed by atoms with Crippen LogP contribution >= 0.6 is 0 Å². The lowest BCUT2D eigenvalue weighted by Gasteiger charge is -2.35. The Labute approximate surface area is 160 Å². The molecule has 0 bridgehead atoms. The van der Waals surface area contributed by atoms with E-state index in [1.165, 1.54) is 19.1 Å². The van der Waals surface area contributed by atoms with Crippen LogP contribution in [-0.2, 0) is 11.2 Å². The number of carbonyl (C=O) groups is 2. The fraction of sp³-hybridized carbons (Fsp3) is 0.238. The second kappa shape index (κ2) is 5.76. The molecule has 0 radical (unpaired) electrons. The number of benzene rings is 2. The van der Waals surface area contributed by atoms with Gasteiger partial charge in [0.1, 0.15) is 6.04 Å². The summed E-state index contributed by atoms with van der Waals surface area (Å²) in [6, 6.07) is 9.91. The molecule has 2 aromatic carbocycles. The van der Waals surface area contributed by atoms with Crippen molar-refractivity contribution in [3.05, 3.63) is 58.8 Å². The molecule has 7 heteroatoms. The average molecular weight is 378 g/mol. The third-order valence-corrected chi connectivity index (χ3v) is 5.74. The predicted octanol–water partition coefficient (Wildman–Crippen LogP) is 2.74. The van der Waals surface area contributed by atoms with Crippen molar-refractivity contribution in [1.29, 1.82) is 0 Å². The van der Waals surface area contributed by atoms with Crippen LogP contribution in [0, 0.1) is 0 Å². The first-order valence-corrected chi connectivity index (χ1v) is 8.96. The van der Waals surface area contributed by atoms with Gasteiger partial charge in [-0.2, -0.15) is 0 Å². The van der Waals surface area contributed by atoms with Gasteiger partial charge in [-0.15, -0.1) is 0 Å². The van der Waals surface area contributed by atoms with Gasteiger partial charge in [0.15, 0.2) is 11.5 Å². The Morgan fingerprint density at radius 3 is 2.68 bits per heavy atom. The fourth-order valence-corrected chi connectivity index (χ4v) is 4.58. The van der Waals surface area contributed by atoms with Crippen molar-refractivity contribution < 1.29 is 24.2 Å². The molecule has 7 nitrogen and oxygen atoms in total. The number of amides is 1. The molecule has 142 valence electrons. The highest BCUT2D eigenvalue weighted by Gasteiger charge is 2.50. The zero-order valence-corrected chi connectivity index (χ0v) is 15.4. The van der Waals surface area contributed by atoms with Gasteiger partial charge >= 0.3 is 5.97 Å². The molecule has 2 aliphatic rings. The second-order valence-corrected chi connectivity index (χ2v) is 7.00. The monoisotopic (exact) mass is 378 g/mol. The Morgan fingerprint density at radius 1 is 1.18 bits per heavy atom. The minimum absolute atomic E-state index is 0.254. The number of para-hydroxylation sites is 1. The van der Waals surface area contributed by atoms with Crippen LogP contribution in [0.5, 0.6) is 11.5 Å². The van der Waals surface area contributed by atoms with E-state index in [0.29, 0.717) is 17.1 Å². The Kier molecular flexibility index (Phi) is 3.43. The van der Waals surface area contributed by atoms with Gasteiger partial charge in [0.25, 0.3) is 5.91 Å². The number of rotatable bonds is 3. The smallest absolute Gasteiger partial charge is 0.326 e. The molecule has 2 atom stereocenters. The maximum Gasteiger partial charge on any atom is 0.326 e. The number of fused-ring (bicyclic) bond motifs is 7. The van der Waals surface area contributed by atoms with E-state index in [1.54, 1.807) is 6.07 Å². The van der Waals surface area contributed by atoms with Crippen LogP contribution in [0.15, 0.2) is 36.4 Å². The van der Waals surface area contributed by atoms with Crippen molar-refractivity contribution in [3.8, 4) is 11.5 Å². The quantitative estimate of drug-likeness (QED) is 0.731. The molecule has 28 heavy (non-hydrogen) atoms. The van der Waals surface area contributed by atoms with Crippen LogP contribution < -0.4 is 9.47 Å². The van der Waals surface area contributed by atoms with E-state index in [4.69, 9.17) is 9.47 Å². The normalized spacial score (nSPS) is 19.9. The molecule has 0 saturated carbocycles. The zero-order chi connectivity index (χ0) is 19.6. The van der Waals surface area contributed by atoms with Crippen LogP contribution in [0.3, 0.4) is 0 Å². The van der Waals surface area contributed by atoms with Crippen molar-refractivity contribution >= 4 is 22.8 Å². The number of carboxylic acid groups (broad SMARTS) is 1. The maximum absolute atomic E-state index is 13.3. The molecule has 5 rings (SSSR count). The first kappa shape index (κ1) is 16.7. The highest BCUT2D eigenvalue weighted by molar-refractivity contribution is 6.05. The van der Waals surface area contributed by atoms with Crippen LogP contribution in [-0.4, -0.2) is 47.1 Å². The van der Waals surface area contributed by atoms with Crippen molar-refractivity contribution in [1.82, 2.24) is 9.88 Å². The summed E-state index contributed by atoms with van der Waals surface area (Å²) in [4.78, 5) is 30.3. The molecule has 0 spiro atoms. The summed E-state index contributed by atoms with van der Waals surface area (Å²) in [5.74, 6) is -0.597. The number of H-pyrrole nitrogens is 1. The van der Waals surface area contributed by atoms with Gasteiger partial charge < -0.3 is 24.5 Å². The molecule has 3 heterocycles. The molecule has 1 aromatic heterocycles. The van der Waals surface area contributed by atoms with E-state index >= 15 is 0 Å². The number of carbonyl (C=O) groups excluding carboxylic acids is 1. The highest BCUT2D eigenvalue weighted by atomic mass is 16.5. The number of aliphatic carboxylic acids is 1. The van der Waals surface area contributed by atoms with Crippen LogP contribution in [0.1, 0.15) is 33.2 Å². The summed E-state index contributed by atoms with van der Waals surface area (Å²) in [5, 5.41) is 10.9. The predicted molar refractivity (Wildman–Crippen MR) is 101 cm³/mol. The number of hydrogen-bond donors (Lipinski definition) is 2. The van der Waals surface area contributed by atoms with E-state index in [0.717, 1.165) is 27.7 Å². The van der Waals surface area contributed by atoms with Gasteiger partial charge in [0.2, 0.25) is 0 Å². The molecule has 2 N–H and O–H groups in total. The molecule has 0 unspecified atom stereocenters. The zero-order valence-electron chi connectivity index (χ0n) is 15.4. The van der Waals surface area contributed by atoms with E-state index in [2.05, 4.69) is 4.98 Å². The standard InChI is InChI=1S/C21H18N2O5/c1-27-15-8-7-11-16(19(15)28-2)20(24)23-14(21(25)26)9-12-10-5-3-4-6-13(10)22-17(12)18(11)23/h3-8,14,18,22H,9H2,1-2H3,(H,25,26)/t14-,18+/m0/s1. The van der Waals surface area contributed by atoms with Crippen molar-refractivity contribution in [2.45, 2.75) is 18.5 Å². The second-order valence-electron chi connectivity index (χ2n) is 7.00. The van der Waals surface area contributed by atoms with Gasteiger partial charge in [-0.1, -0.05) is 24.3 Å². The summed E-state index contributed by atoms with van der Waals surface area (Å²) in [5.41, 5.74) is 3.82. The molecule has 0 fully saturated rings. The van der Waals surface area contributed by atoms with Crippen LogP contribution in [0.2, 0.25) is 0 Å². The molecule has 0 saturated heterocycles. The lowest BCUT2D eigenvalue weighted by molar-refractivity contribution is -0.143. The fourth-order valence-electron chi connectivity index (χ4n) is 4.58. The van der Waals surface area contributed by atoms with Gasteiger partial charge in [0, 0.05) is 23.0 Å². The van der Waals surface area contributed by atoms with Gasteiger partial charge in [-0.3, -0.25) is 4.79 Å². The van der Waals surface area contributed by atoms with Crippen molar-refractivity contribution in [3.63, 3.8) is 0 Å². The van der Waals surface area contributed by atoms with Crippen molar-refractivity contribution in [2.24, 2.45) is 0 Å². The molecular formula is C21H18N2O5. The van der Waals surface area contributed by atoms with Crippen molar-refractivity contribution in [2.75, 3.05) is 14.2 Å². The number of methoxy groups -OCH3 is 2. The minimum atomic E-state index is -1.02. The first-order chi connectivity index (χ1) is 13.6. The lowest BCUT2D eigenvalue weighted by atomic mass is 9.90. The number of nitrogens with one attached hydrogen (secondary N) is 1. The number of carboxylic acids is 1. The number of aromatic nitrogens is 1. The van der Waals surface area contributed by atoms with Crippen LogP contribution in [0.4, 0.5) is 0 Å². The van der Waals surface area contributed by atoms with E-state index in [9.17, 15) is 14.7 Å². The molecular weight excluding hydrogens is 360 g/mol. The third-order valence-electron chi connectivity index (χ3n) is 5.74.